The van der Waals surface area contributed by atoms with Crippen molar-refractivity contribution in [1.82, 2.24) is 4.98 Å². The number of aromatic nitrogens is 1. The average molecular weight is 201 g/mol. The predicted molar refractivity (Wildman–Crippen MR) is 58.8 cm³/mol. The zero-order valence-corrected chi connectivity index (χ0v) is 8.08. The highest BCUT2D eigenvalue weighted by atomic mass is 32.1. The van der Waals surface area contributed by atoms with Crippen LogP contribution in [-0.2, 0) is 0 Å². The highest BCUT2D eigenvalue weighted by molar-refractivity contribution is 7.20. The summed E-state index contributed by atoms with van der Waals surface area (Å²) < 4.78 is 1.03. The Bertz CT molecular complexity index is 615. The molecule has 3 aromatic rings. The van der Waals surface area contributed by atoms with Crippen LogP contribution >= 0.6 is 11.3 Å². The average Bonchev–Trinajstić information content (AvgIpc) is 2.59. The quantitative estimate of drug-likeness (QED) is 0.606. The summed E-state index contributed by atoms with van der Waals surface area (Å²) in [7, 11) is 0. The zero-order chi connectivity index (χ0) is 9.54. The summed E-state index contributed by atoms with van der Waals surface area (Å²) in [5, 5.41) is 11.7. The van der Waals surface area contributed by atoms with Gasteiger partial charge < -0.3 is 5.11 Å². The lowest BCUT2D eigenvalue weighted by Gasteiger charge is -1.96. The fourth-order valence-corrected chi connectivity index (χ4v) is 2.37. The predicted octanol–water partition coefficient (Wildman–Crippen LogP) is 3.16. The van der Waals surface area contributed by atoms with Gasteiger partial charge in [0.15, 0.2) is 0 Å². The molecule has 2 nitrogen and oxygen atoms in total. The molecule has 2 aromatic carbocycles. The van der Waals surface area contributed by atoms with Crippen LogP contribution in [0.1, 0.15) is 0 Å². The fourth-order valence-electron chi connectivity index (χ4n) is 1.65. The largest absolute Gasteiger partial charge is 0.486 e. The summed E-state index contributed by atoms with van der Waals surface area (Å²) >= 11 is 1.31. The first-order chi connectivity index (χ1) is 6.84. The maximum Gasteiger partial charge on any atom is 0.271 e. The van der Waals surface area contributed by atoms with E-state index >= 15 is 0 Å². The smallest absolute Gasteiger partial charge is 0.271 e. The molecule has 0 atom stereocenters. The van der Waals surface area contributed by atoms with Crippen molar-refractivity contribution in [2.24, 2.45) is 0 Å². The van der Waals surface area contributed by atoms with Gasteiger partial charge in [-0.3, -0.25) is 0 Å². The van der Waals surface area contributed by atoms with Crippen LogP contribution in [0, 0.1) is 0 Å². The van der Waals surface area contributed by atoms with Crippen molar-refractivity contribution in [2.75, 3.05) is 0 Å². The van der Waals surface area contributed by atoms with Gasteiger partial charge in [-0.15, -0.1) is 0 Å². The minimum atomic E-state index is 0.136. The van der Waals surface area contributed by atoms with Gasteiger partial charge in [0.25, 0.3) is 5.19 Å². The molecule has 0 spiro atoms. The van der Waals surface area contributed by atoms with E-state index in [1.165, 1.54) is 11.3 Å². The van der Waals surface area contributed by atoms with Crippen molar-refractivity contribution in [3.8, 4) is 5.19 Å². The summed E-state index contributed by atoms with van der Waals surface area (Å²) in [5.74, 6) is 0. The number of thiazole rings is 1. The van der Waals surface area contributed by atoms with Crippen LogP contribution in [0.2, 0.25) is 0 Å². The summed E-state index contributed by atoms with van der Waals surface area (Å²) in [4.78, 5) is 4.12. The zero-order valence-electron chi connectivity index (χ0n) is 7.27. The molecular weight excluding hydrogens is 194 g/mol. The summed E-state index contributed by atoms with van der Waals surface area (Å²) in [5.41, 5.74) is 0.894. The third-order valence-electron chi connectivity index (χ3n) is 2.27. The van der Waals surface area contributed by atoms with E-state index in [1.807, 2.05) is 30.3 Å². The van der Waals surface area contributed by atoms with Crippen LogP contribution in [0.3, 0.4) is 0 Å². The number of aromatic hydroxyl groups is 1. The Labute approximate surface area is 84.4 Å². The third-order valence-corrected chi connectivity index (χ3v) is 3.10. The maximum absolute atomic E-state index is 9.32. The Morgan fingerprint density at radius 1 is 1.07 bits per heavy atom. The van der Waals surface area contributed by atoms with Crippen molar-refractivity contribution >= 4 is 32.3 Å². The van der Waals surface area contributed by atoms with Gasteiger partial charge in [0.1, 0.15) is 0 Å². The van der Waals surface area contributed by atoms with Gasteiger partial charge >= 0.3 is 0 Å². The second-order valence-corrected chi connectivity index (χ2v) is 4.14. The Balaban J connectivity index is 2.60. The SMILES string of the molecule is Oc1nc2c(ccc3ccccc32)s1. The van der Waals surface area contributed by atoms with Crippen LogP contribution < -0.4 is 0 Å². The molecule has 1 aromatic heterocycles. The molecule has 0 aliphatic carbocycles. The standard InChI is InChI=1S/C11H7NOS/c13-11-12-10-8-4-2-1-3-7(8)5-6-9(10)14-11/h1-6H,(H,12,13). The monoisotopic (exact) mass is 201 g/mol. The van der Waals surface area contributed by atoms with Crippen molar-refractivity contribution in [3.05, 3.63) is 36.4 Å². The molecule has 68 valence electrons. The van der Waals surface area contributed by atoms with Crippen LogP contribution in [0.15, 0.2) is 36.4 Å². The summed E-state index contributed by atoms with van der Waals surface area (Å²) in [6.07, 6.45) is 0. The van der Waals surface area contributed by atoms with E-state index in [0.717, 1.165) is 21.0 Å². The maximum atomic E-state index is 9.32. The molecule has 1 N–H and O–H groups in total. The molecule has 0 fully saturated rings. The van der Waals surface area contributed by atoms with Gasteiger partial charge in [0.2, 0.25) is 0 Å². The van der Waals surface area contributed by atoms with E-state index in [-0.39, 0.29) is 5.19 Å². The minimum Gasteiger partial charge on any atom is -0.486 e. The second kappa shape index (κ2) is 2.69. The molecule has 0 radical (unpaired) electrons. The first kappa shape index (κ1) is 7.76. The van der Waals surface area contributed by atoms with E-state index in [4.69, 9.17) is 0 Å². The number of hydrogen-bond donors (Lipinski definition) is 1. The van der Waals surface area contributed by atoms with E-state index in [9.17, 15) is 5.11 Å². The molecule has 14 heavy (non-hydrogen) atoms. The normalized spacial score (nSPS) is 11.1. The van der Waals surface area contributed by atoms with Crippen molar-refractivity contribution in [1.29, 1.82) is 0 Å². The van der Waals surface area contributed by atoms with Crippen molar-refractivity contribution in [2.45, 2.75) is 0 Å². The van der Waals surface area contributed by atoms with Gasteiger partial charge in [0.05, 0.1) is 10.2 Å². The lowest BCUT2D eigenvalue weighted by Crippen LogP contribution is -1.73. The fraction of sp³-hybridized carbons (Fsp3) is 0. The van der Waals surface area contributed by atoms with E-state index in [0.29, 0.717) is 0 Å². The molecule has 1 heterocycles. The van der Waals surface area contributed by atoms with Crippen LogP contribution in [0.4, 0.5) is 0 Å². The topological polar surface area (TPSA) is 33.1 Å². The summed E-state index contributed by atoms with van der Waals surface area (Å²) in [6, 6.07) is 12.1. The van der Waals surface area contributed by atoms with Gasteiger partial charge in [-0.25, -0.2) is 4.98 Å². The molecule has 0 aliphatic heterocycles. The van der Waals surface area contributed by atoms with Gasteiger partial charge in [-0.1, -0.05) is 41.7 Å². The molecule has 3 rings (SSSR count). The Morgan fingerprint density at radius 3 is 2.86 bits per heavy atom. The van der Waals surface area contributed by atoms with E-state index < -0.39 is 0 Å². The van der Waals surface area contributed by atoms with Gasteiger partial charge in [0, 0.05) is 5.39 Å². The third kappa shape index (κ3) is 0.992. The van der Waals surface area contributed by atoms with Gasteiger partial charge in [-0.2, -0.15) is 0 Å². The molecule has 0 saturated carbocycles. The first-order valence-corrected chi connectivity index (χ1v) is 5.13. The molecular formula is C11H7NOS. The Kier molecular flexibility index (Phi) is 1.49. The van der Waals surface area contributed by atoms with Crippen LogP contribution in [0.5, 0.6) is 5.19 Å². The number of nitrogens with zero attached hydrogens (tertiary/aromatic N) is 1. The molecule has 0 unspecified atom stereocenters. The molecule has 0 amide bonds. The highest BCUT2D eigenvalue weighted by Gasteiger charge is 2.05. The lowest BCUT2D eigenvalue weighted by molar-refractivity contribution is 0.472. The van der Waals surface area contributed by atoms with Gasteiger partial charge in [-0.05, 0) is 11.5 Å². The number of benzene rings is 2. The second-order valence-electron chi connectivity index (χ2n) is 3.13. The van der Waals surface area contributed by atoms with Crippen LogP contribution in [0.25, 0.3) is 21.0 Å². The molecule has 3 heteroatoms. The molecule has 0 saturated heterocycles. The number of hydrogen-bond acceptors (Lipinski definition) is 3. The van der Waals surface area contributed by atoms with Crippen molar-refractivity contribution < 1.29 is 5.11 Å². The van der Waals surface area contributed by atoms with E-state index in [1.54, 1.807) is 0 Å². The minimum absolute atomic E-state index is 0.136. The van der Waals surface area contributed by atoms with E-state index in [2.05, 4.69) is 11.1 Å². The Morgan fingerprint density at radius 2 is 1.93 bits per heavy atom. The highest BCUT2D eigenvalue weighted by Crippen LogP contribution is 2.31. The Hall–Kier alpha value is -1.61. The molecule has 0 bridgehead atoms. The van der Waals surface area contributed by atoms with Crippen molar-refractivity contribution in [3.63, 3.8) is 0 Å². The first-order valence-electron chi connectivity index (χ1n) is 4.32. The molecule has 0 aliphatic rings. The number of fused-ring (bicyclic) bond motifs is 3. The summed E-state index contributed by atoms with van der Waals surface area (Å²) in [6.45, 7) is 0. The van der Waals surface area contributed by atoms with Crippen LogP contribution in [-0.4, -0.2) is 10.1 Å². The lowest BCUT2D eigenvalue weighted by atomic mass is 10.1. The number of rotatable bonds is 0.